The lowest BCUT2D eigenvalue weighted by molar-refractivity contribution is -0.140. The molecule has 0 atom stereocenters. The van der Waals surface area contributed by atoms with Crippen LogP contribution in [0.15, 0.2) is 36.4 Å². The van der Waals surface area contributed by atoms with Gasteiger partial charge in [-0.05, 0) is 61.7 Å². The van der Waals surface area contributed by atoms with Crippen LogP contribution in [0.3, 0.4) is 0 Å². The average Bonchev–Trinajstić information content (AvgIpc) is 2.94. The average molecular weight is 477 g/mol. The number of likely N-dealkylation sites (tertiary alicyclic amines) is 1. The van der Waals surface area contributed by atoms with Crippen LogP contribution < -0.4 is 10.6 Å². The van der Waals surface area contributed by atoms with Crippen LogP contribution in [0.1, 0.15) is 46.6 Å². The lowest BCUT2D eigenvalue weighted by atomic mass is 10.1. The Labute approximate surface area is 192 Å². The van der Waals surface area contributed by atoms with Crippen LogP contribution in [0.25, 0.3) is 10.2 Å². The third-order valence-electron chi connectivity index (χ3n) is 5.59. The van der Waals surface area contributed by atoms with Crippen LogP contribution in [-0.2, 0) is 6.18 Å². The first-order chi connectivity index (χ1) is 15.7. The van der Waals surface area contributed by atoms with Crippen molar-refractivity contribution in [2.75, 3.05) is 23.7 Å². The first kappa shape index (κ1) is 23.0. The zero-order valence-corrected chi connectivity index (χ0v) is 18.8. The van der Waals surface area contributed by atoms with Crippen LogP contribution >= 0.6 is 11.3 Å². The Kier molecular flexibility index (Phi) is 6.55. The predicted molar refractivity (Wildman–Crippen MR) is 123 cm³/mol. The molecule has 33 heavy (non-hydrogen) atoms. The summed E-state index contributed by atoms with van der Waals surface area (Å²) < 4.78 is 38.8. The molecular formula is C23H23F3N4O2S. The van der Waals surface area contributed by atoms with E-state index < -0.39 is 17.8 Å². The highest BCUT2D eigenvalue weighted by molar-refractivity contribution is 7.20. The monoisotopic (exact) mass is 476 g/mol. The number of carbonyl (C=O) groups is 2. The van der Waals surface area contributed by atoms with E-state index in [9.17, 15) is 22.8 Å². The van der Waals surface area contributed by atoms with Crippen LogP contribution in [0.4, 0.5) is 29.3 Å². The topological polar surface area (TPSA) is 74.3 Å². The second-order valence-electron chi connectivity index (χ2n) is 7.97. The lowest BCUT2D eigenvalue weighted by Gasteiger charge is -2.20. The van der Waals surface area contributed by atoms with Crippen LogP contribution in [0.2, 0.25) is 0 Å². The number of fused-ring (bicyclic) bond motifs is 1. The van der Waals surface area contributed by atoms with Crippen LogP contribution in [0.5, 0.6) is 0 Å². The molecule has 0 spiro atoms. The van der Waals surface area contributed by atoms with Gasteiger partial charge in [-0.15, -0.1) is 11.3 Å². The SMILES string of the molecule is Cc1c(C(=O)Nc2ccc(NC(=O)N3CCCCCC3)cc2)sc2nc(C(F)(F)F)ccc12. The summed E-state index contributed by atoms with van der Waals surface area (Å²) in [6.45, 7) is 3.17. The van der Waals surface area contributed by atoms with Crippen LogP contribution in [-0.4, -0.2) is 34.9 Å². The summed E-state index contributed by atoms with van der Waals surface area (Å²) in [6, 6.07) is 8.84. The van der Waals surface area contributed by atoms with Gasteiger partial charge in [0.05, 0.1) is 4.88 Å². The maximum absolute atomic E-state index is 12.9. The molecule has 10 heteroatoms. The standard InChI is InChI=1S/C23H23F3N4O2S/c1-14-17-10-11-18(23(24,25)26)29-21(17)33-19(14)20(31)27-15-6-8-16(9-7-15)28-22(32)30-12-4-2-3-5-13-30/h6-11H,2-5,12-13H2,1H3,(H,27,31)(H,28,32). The largest absolute Gasteiger partial charge is 0.433 e. The number of carbonyl (C=O) groups excluding carboxylic acids is 2. The van der Waals surface area contributed by atoms with Gasteiger partial charge in [0, 0.05) is 29.9 Å². The van der Waals surface area contributed by atoms with E-state index in [0.717, 1.165) is 56.2 Å². The molecule has 1 fully saturated rings. The van der Waals surface area contributed by atoms with E-state index in [1.54, 1.807) is 31.2 Å². The van der Waals surface area contributed by atoms with Gasteiger partial charge in [0.1, 0.15) is 10.5 Å². The number of benzene rings is 1. The third-order valence-corrected chi connectivity index (χ3v) is 6.79. The van der Waals surface area contributed by atoms with E-state index in [2.05, 4.69) is 15.6 Å². The minimum atomic E-state index is -4.54. The Morgan fingerprint density at radius 2 is 1.55 bits per heavy atom. The quantitative estimate of drug-likeness (QED) is 0.467. The van der Waals surface area contributed by atoms with Crippen molar-refractivity contribution in [3.05, 3.63) is 52.5 Å². The molecule has 1 aromatic carbocycles. The van der Waals surface area contributed by atoms with Gasteiger partial charge >= 0.3 is 12.2 Å². The molecule has 0 radical (unpaired) electrons. The van der Waals surface area contributed by atoms with Gasteiger partial charge in [-0.2, -0.15) is 13.2 Å². The number of hydrogen-bond donors (Lipinski definition) is 2. The molecule has 6 nitrogen and oxygen atoms in total. The molecule has 3 heterocycles. The molecule has 0 saturated carbocycles. The number of rotatable bonds is 3. The lowest BCUT2D eigenvalue weighted by Crippen LogP contribution is -2.35. The van der Waals surface area contributed by atoms with Gasteiger partial charge < -0.3 is 15.5 Å². The highest BCUT2D eigenvalue weighted by atomic mass is 32.1. The van der Waals surface area contributed by atoms with Crippen molar-refractivity contribution in [3.63, 3.8) is 0 Å². The molecule has 1 aliphatic heterocycles. The molecular weight excluding hydrogens is 453 g/mol. The molecule has 0 bridgehead atoms. The number of urea groups is 1. The first-order valence-electron chi connectivity index (χ1n) is 10.7. The maximum atomic E-state index is 12.9. The summed E-state index contributed by atoms with van der Waals surface area (Å²) in [4.78, 5) is 31.2. The van der Waals surface area contributed by atoms with Crippen molar-refractivity contribution in [1.29, 1.82) is 0 Å². The molecule has 2 aromatic heterocycles. The Bertz CT molecular complexity index is 1170. The van der Waals surface area contributed by atoms with Gasteiger partial charge in [0.25, 0.3) is 5.91 Å². The Balaban J connectivity index is 1.43. The van der Waals surface area contributed by atoms with Gasteiger partial charge in [-0.1, -0.05) is 12.8 Å². The fourth-order valence-electron chi connectivity index (χ4n) is 3.77. The minimum Gasteiger partial charge on any atom is -0.325 e. The summed E-state index contributed by atoms with van der Waals surface area (Å²) in [5.74, 6) is -0.426. The van der Waals surface area contributed by atoms with E-state index in [-0.39, 0.29) is 10.9 Å². The number of aryl methyl sites for hydroxylation is 1. The summed E-state index contributed by atoms with van der Waals surface area (Å²) in [5, 5.41) is 6.15. The fraction of sp³-hybridized carbons (Fsp3) is 0.348. The molecule has 3 aromatic rings. The fourth-order valence-corrected chi connectivity index (χ4v) is 4.85. The predicted octanol–water partition coefficient (Wildman–Crippen LogP) is 6.28. The number of halogens is 3. The Morgan fingerprint density at radius 3 is 2.15 bits per heavy atom. The highest BCUT2D eigenvalue weighted by Gasteiger charge is 2.33. The minimum absolute atomic E-state index is 0.139. The normalized spacial score (nSPS) is 14.7. The number of hydrogen-bond acceptors (Lipinski definition) is 4. The number of pyridine rings is 1. The van der Waals surface area contributed by atoms with Gasteiger partial charge in [0.15, 0.2) is 0 Å². The summed E-state index contributed by atoms with van der Waals surface area (Å²) in [5.41, 5.74) is 0.716. The maximum Gasteiger partial charge on any atom is 0.433 e. The summed E-state index contributed by atoms with van der Waals surface area (Å²) in [6.07, 6.45) is -0.266. The van der Waals surface area contributed by atoms with E-state index in [1.807, 2.05) is 4.90 Å². The number of nitrogens with one attached hydrogen (secondary N) is 2. The molecule has 4 rings (SSSR count). The number of amides is 3. The second kappa shape index (κ2) is 9.38. The van der Waals surface area contributed by atoms with E-state index in [4.69, 9.17) is 0 Å². The van der Waals surface area contributed by atoms with Crippen molar-refractivity contribution in [2.24, 2.45) is 0 Å². The third kappa shape index (κ3) is 5.27. The molecule has 174 valence electrons. The molecule has 0 aliphatic carbocycles. The van der Waals surface area contributed by atoms with E-state index in [1.165, 1.54) is 6.07 Å². The number of nitrogens with zero attached hydrogens (tertiary/aromatic N) is 2. The highest BCUT2D eigenvalue weighted by Crippen LogP contribution is 2.34. The van der Waals surface area contributed by atoms with Crippen molar-refractivity contribution in [2.45, 2.75) is 38.8 Å². The molecule has 1 saturated heterocycles. The molecule has 3 amide bonds. The van der Waals surface area contributed by atoms with Gasteiger partial charge in [-0.3, -0.25) is 4.79 Å². The molecule has 1 aliphatic rings. The zero-order valence-electron chi connectivity index (χ0n) is 18.0. The van der Waals surface area contributed by atoms with E-state index in [0.29, 0.717) is 27.2 Å². The first-order valence-corrected chi connectivity index (χ1v) is 11.5. The number of thiophene rings is 1. The second-order valence-corrected chi connectivity index (χ2v) is 8.97. The summed E-state index contributed by atoms with van der Waals surface area (Å²) >= 11 is 0.925. The zero-order chi connectivity index (χ0) is 23.6. The van der Waals surface area contributed by atoms with Crippen molar-refractivity contribution in [3.8, 4) is 0 Å². The Morgan fingerprint density at radius 1 is 0.939 bits per heavy atom. The summed E-state index contributed by atoms with van der Waals surface area (Å²) in [7, 11) is 0. The van der Waals surface area contributed by atoms with E-state index >= 15 is 0 Å². The number of alkyl halides is 3. The van der Waals surface area contributed by atoms with Gasteiger partial charge in [0.2, 0.25) is 0 Å². The van der Waals surface area contributed by atoms with Crippen LogP contribution in [0, 0.1) is 6.92 Å². The van der Waals surface area contributed by atoms with Crippen molar-refractivity contribution in [1.82, 2.24) is 9.88 Å². The van der Waals surface area contributed by atoms with Crippen molar-refractivity contribution < 1.29 is 22.8 Å². The Hall–Kier alpha value is -3.14. The van der Waals surface area contributed by atoms with Crippen molar-refractivity contribution >= 4 is 44.9 Å². The smallest absolute Gasteiger partial charge is 0.325 e. The number of aromatic nitrogens is 1. The number of anilines is 2. The molecule has 0 unspecified atom stereocenters. The van der Waals surface area contributed by atoms with Gasteiger partial charge in [-0.25, -0.2) is 9.78 Å². The molecule has 2 N–H and O–H groups in total.